The van der Waals surface area contributed by atoms with Gasteiger partial charge in [0.1, 0.15) is 0 Å². The first-order valence-corrected chi connectivity index (χ1v) is 5.85. The quantitative estimate of drug-likeness (QED) is 0.801. The number of carbonyl (C=O) groups excluding carboxylic acids is 1. The fourth-order valence-corrected chi connectivity index (χ4v) is 2.20. The number of nitrogens with two attached hydrogens (primary N) is 1. The third-order valence-corrected chi connectivity index (χ3v) is 3.11. The molecule has 3 nitrogen and oxygen atoms in total. The average Bonchev–Trinajstić information content (AvgIpc) is 2.32. The van der Waals surface area contributed by atoms with Crippen LogP contribution < -0.4 is 11.1 Å². The second kappa shape index (κ2) is 5.12. The Balaban J connectivity index is 2.04. The fourth-order valence-electron chi connectivity index (χ4n) is 2.20. The van der Waals surface area contributed by atoms with Gasteiger partial charge in [-0.15, -0.1) is 0 Å². The summed E-state index contributed by atoms with van der Waals surface area (Å²) in [7, 11) is 0. The highest BCUT2D eigenvalue weighted by molar-refractivity contribution is 5.79. The van der Waals surface area contributed by atoms with Crippen LogP contribution in [-0.4, -0.2) is 12.5 Å². The zero-order valence-electron chi connectivity index (χ0n) is 9.41. The zero-order chi connectivity index (χ0) is 11.4. The van der Waals surface area contributed by atoms with E-state index in [9.17, 15) is 4.79 Å². The summed E-state index contributed by atoms with van der Waals surface area (Å²) in [5.74, 6) is 0.339. The summed E-state index contributed by atoms with van der Waals surface area (Å²) in [6.45, 7) is 1.39. The van der Waals surface area contributed by atoms with Gasteiger partial charge in [0.05, 0.1) is 0 Å². The summed E-state index contributed by atoms with van der Waals surface area (Å²) >= 11 is 0. The van der Waals surface area contributed by atoms with E-state index in [4.69, 9.17) is 5.73 Å². The van der Waals surface area contributed by atoms with Gasteiger partial charge in [-0.3, -0.25) is 4.79 Å². The van der Waals surface area contributed by atoms with Gasteiger partial charge in [0.25, 0.3) is 0 Å². The molecule has 0 spiro atoms. The molecule has 1 amide bonds. The van der Waals surface area contributed by atoms with Gasteiger partial charge in [0, 0.05) is 19.0 Å². The van der Waals surface area contributed by atoms with Gasteiger partial charge in [-0.25, -0.2) is 0 Å². The van der Waals surface area contributed by atoms with Gasteiger partial charge in [-0.1, -0.05) is 24.3 Å². The lowest BCUT2D eigenvalue weighted by Crippen LogP contribution is -2.37. The maximum absolute atomic E-state index is 11.6. The van der Waals surface area contributed by atoms with Crippen molar-refractivity contribution in [2.75, 3.05) is 6.54 Å². The Morgan fingerprint density at radius 2 is 2.19 bits per heavy atom. The molecule has 2 rings (SSSR count). The van der Waals surface area contributed by atoms with E-state index in [0.717, 1.165) is 31.4 Å². The van der Waals surface area contributed by atoms with Crippen molar-refractivity contribution in [3.05, 3.63) is 35.4 Å². The topological polar surface area (TPSA) is 55.1 Å². The molecule has 0 bridgehead atoms. The first-order valence-electron chi connectivity index (χ1n) is 5.85. The lowest BCUT2D eigenvalue weighted by Gasteiger charge is -2.21. The number of carbonyl (C=O) groups is 1. The molecular formula is C13H18N2O. The second-order valence-electron chi connectivity index (χ2n) is 4.36. The van der Waals surface area contributed by atoms with E-state index in [1.807, 2.05) is 12.1 Å². The predicted molar refractivity (Wildman–Crippen MR) is 63.8 cm³/mol. The third-order valence-electron chi connectivity index (χ3n) is 3.11. The number of hydrogen-bond donors (Lipinski definition) is 2. The number of benzene rings is 1. The first-order chi connectivity index (χ1) is 7.79. The number of nitrogens with one attached hydrogen (secondary N) is 1. The summed E-state index contributed by atoms with van der Waals surface area (Å²) in [5, 5.41) is 2.92. The SMILES string of the molecule is NCc1cccc(C[C@H]2CCCNC2=O)c1. The van der Waals surface area contributed by atoms with E-state index < -0.39 is 0 Å². The summed E-state index contributed by atoms with van der Waals surface area (Å²) < 4.78 is 0. The monoisotopic (exact) mass is 218 g/mol. The minimum absolute atomic E-state index is 0.141. The van der Waals surface area contributed by atoms with Crippen molar-refractivity contribution in [1.82, 2.24) is 5.32 Å². The van der Waals surface area contributed by atoms with E-state index in [-0.39, 0.29) is 11.8 Å². The molecule has 1 aromatic carbocycles. The minimum atomic E-state index is 0.141. The van der Waals surface area contributed by atoms with Crippen LogP contribution in [0.25, 0.3) is 0 Å². The Morgan fingerprint density at radius 3 is 2.94 bits per heavy atom. The van der Waals surface area contributed by atoms with Crippen molar-refractivity contribution in [2.45, 2.75) is 25.8 Å². The summed E-state index contributed by atoms with van der Waals surface area (Å²) in [6, 6.07) is 8.20. The highest BCUT2D eigenvalue weighted by Gasteiger charge is 2.21. The fraction of sp³-hybridized carbons (Fsp3) is 0.462. The molecule has 86 valence electrons. The molecule has 3 heteroatoms. The Hall–Kier alpha value is -1.35. The van der Waals surface area contributed by atoms with E-state index in [2.05, 4.69) is 17.4 Å². The van der Waals surface area contributed by atoms with Crippen molar-refractivity contribution >= 4 is 5.91 Å². The van der Waals surface area contributed by atoms with E-state index in [0.29, 0.717) is 6.54 Å². The van der Waals surface area contributed by atoms with E-state index in [1.165, 1.54) is 5.56 Å². The van der Waals surface area contributed by atoms with Crippen molar-refractivity contribution in [3.8, 4) is 0 Å². The average molecular weight is 218 g/mol. The molecular weight excluding hydrogens is 200 g/mol. The minimum Gasteiger partial charge on any atom is -0.356 e. The smallest absolute Gasteiger partial charge is 0.223 e. The summed E-state index contributed by atoms with van der Waals surface area (Å²) in [6.07, 6.45) is 2.92. The second-order valence-corrected chi connectivity index (χ2v) is 4.36. The van der Waals surface area contributed by atoms with E-state index >= 15 is 0 Å². The molecule has 0 unspecified atom stereocenters. The third kappa shape index (κ3) is 2.61. The van der Waals surface area contributed by atoms with Crippen molar-refractivity contribution < 1.29 is 4.79 Å². The van der Waals surface area contributed by atoms with Gasteiger partial charge in [0.15, 0.2) is 0 Å². The van der Waals surface area contributed by atoms with Crippen LogP contribution in [0.15, 0.2) is 24.3 Å². The Labute approximate surface area is 96.0 Å². The molecule has 0 saturated carbocycles. The van der Waals surface area contributed by atoms with Gasteiger partial charge in [-0.2, -0.15) is 0 Å². The van der Waals surface area contributed by atoms with Crippen LogP contribution in [0.1, 0.15) is 24.0 Å². The van der Waals surface area contributed by atoms with Gasteiger partial charge < -0.3 is 11.1 Å². The Kier molecular flexibility index (Phi) is 3.57. The summed E-state index contributed by atoms with van der Waals surface area (Å²) in [5.41, 5.74) is 7.95. The highest BCUT2D eigenvalue weighted by Crippen LogP contribution is 2.18. The van der Waals surface area contributed by atoms with Crippen molar-refractivity contribution in [1.29, 1.82) is 0 Å². The van der Waals surface area contributed by atoms with Crippen molar-refractivity contribution in [2.24, 2.45) is 11.7 Å². The largest absolute Gasteiger partial charge is 0.356 e. The normalized spacial score (nSPS) is 20.6. The van der Waals surface area contributed by atoms with Crippen LogP contribution >= 0.6 is 0 Å². The molecule has 1 fully saturated rings. The molecule has 1 heterocycles. The standard InChI is InChI=1S/C13H18N2O/c14-9-11-4-1-3-10(7-11)8-12-5-2-6-15-13(12)16/h1,3-4,7,12H,2,5-6,8-9,14H2,(H,15,16)/t12-/m1/s1. The zero-order valence-corrected chi connectivity index (χ0v) is 9.41. The van der Waals surface area contributed by atoms with Crippen LogP contribution in [0.2, 0.25) is 0 Å². The van der Waals surface area contributed by atoms with Crippen LogP contribution in [0.4, 0.5) is 0 Å². The Morgan fingerprint density at radius 1 is 1.38 bits per heavy atom. The number of hydrogen-bond acceptors (Lipinski definition) is 2. The maximum atomic E-state index is 11.6. The molecule has 1 aromatic rings. The molecule has 0 radical (unpaired) electrons. The molecule has 1 aliphatic heterocycles. The van der Waals surface area contributed by atoms with Crippen molar-refractivity contribution in [3.63, 3.8) is 0 Å². The maximum Gasteiger partial charge on any atom is 0.223 e. The first kappa shape index (κ1) is 11.1. The highest BCUT2D eigenvalue weighted by atomic mass is 16.1. The van der Waals surface area contributed by atoms with Crippen LogP contribution in [0.5, 0.6) is 0 Å². The number of rotatable bonds is 3. The van der Waals surface area contributed by atoms with Crippen LogP contribution in [0.3, 0.4) is 0 Å². The molecule has 0 aromatic heterocycles. The Bertz CT molecular complexity index is 376. The van der Waals surface area contributed by atoms with Crippen LogP contribution in [-0.2, 0) is 17.8 Å². The van der Waals surface area contributed by atoms with Gasteiger partial charge in [0.2, 0.25) is 5.91 Å². The van der Waals surface area contributed by atoms with Gasteiger partial charge in [-0.05, 0) is 30.4 Å². The number of amides is 1. The molecule has 0 aliphatic carbocycles. The lowest BCUT2D eigenvalue weighted by atomic mass is 9.91. The molecule has 1 saturated heterocycles. The predicted octanol–water partition coefficient (Wildman–Crippen LogP) is 1.21. The van der Waals surface area contributed by atoms with Crippen LogP contribution in [0, 0.1) is 5.92 Å². The molecule has 3 N–H and O–H groups in total. The lowest BCUT2D eigenvalue weighted by molar-refractivity contribution is -0.126. The number of piperidine rings is 1. The molecule has 1 aliphatic rings. The molecule has 16 heavy (non-hydrogen) atoms. The molecule has 1 atom stereocenters. The van der Waals surface area contributed by atoms with E-state index in [1.54, 1.807) is 0 Å². The van der Waals surface area contributed by atoms with Gasteiger partial charge >= 0.3 is 0 Å². The summed E-state index contributed by atoms with van der Waals surface area (Å²) in [4.78, 5) is 11.6.